The first-order chi connectivity index (χ1) is 11.8. The minimum atomic E-state index is 0.718. The Bertz CT molecular complexity index is 477. The molecule has 1 aliphatic heterocycles. The van der Waals surface area contributed by atoms with Crippen molar-refractivity contribution < 1.29 is 0 Å². The van der Waals surface area contributed by atoms with Crippen molar-refractivity contribution in [3.63, 3.8) is 0 Å². The summed E-state index contributed by atoms with van der Waals surface area (Å²) in [5.74, 6) is 3.34. The first kappa shape index (κ1) is 17.8. The Morgan fingerprint density at radius 2 is 1.42 bits per heavy atom. The molecule has 1 heterocycles. The summed E-state index contributed by atoms with van der Waals surface area (Å²) < 4.78 is 0. The molecule has 0 bridgehead atoms. The number of terminal acetylenes is 1. The third-order valence-electron chi connectivity index (χ3n) is 6.58. The molecule has 0 radical (unpaired) electrons. The number of nitrogens with zero attached hydrogens (tertiary/aromatic N) is 2. The summed E-state index contributed by atoms with van der Waals surface area (Å²) in [6.45, 7) is 7.33. The van der Waals surface area contributed by atoms with Crippen LogP contribution in [0.25, 0.3) is 0 Å². The smallest absolute Gasteiger partial charge is 0.0113 e. The lowest BCUT2D eigenvalue weighted by molar-refractivity contribution is 0.0539. The van der Waals surface area contributed by atoms with Crippen molar-refractivity contribution in [2.75, 3.05) is 26.2 Å². The SMILES string of the molecule is C#C/C=C\C(=C/C)C1CCC(N2CCN(C3CCCC3)CC2)CC1. The molecule has 0 amide bonds. The van der Waals surface area contributed by atoms with E-state index in [1.807, 2.05) is 6.08 Å². The van der Waals surface area contributed by atoms with Crippen LogP contribution in [0.5, 0.6) is 0 Å². The molecule has 2 heteroatoms. The fourth-order valence-electron chi connectivity index (χ4n) is 5.12. The highest BCUT2D eigenvalue weighted by Crippen LogP contribution is 2.33. The normalized spacial score (nSPS) is 31.6. The van der Waals surface area contributed by atoms with Gasteiger partial charge in [-0.2, -0.15) is 0 Å². The third kappa shape index (κ3) is 4.32. The van der Waals surface area contributed by atoms with Crippen molar-refractivity contribution in [2.24, 2.45) is 5.92 Å². The second-order valence-corrected chi connectivity index (χ2v) is 7.80. The van der Waals surface area contributed by atoms with E-state index in [4.69, 9.17) is 6.42 Å². The summed E-state index contributed by atoms with van der Waals surface area (Å²) in [4.78, 5) is 5.56. The van der Waals surface area contributed by atoms with Gasteiger partial charge in [0.05, 0.1) is 0 Å². The second-order valence-electron chi connectivity index (χ2n) is 7.80. The lowest BCUT2D eigenvalue weighted by Crippen LogP contribution is -2.53. The Labute approximate surface area is 149 Å². The molecule has 0 aromatic rings. The Morgan fingerprint density at radius 1 is 0.875 bits per heavy atom. The average Bonchev–Trinajstić information content (AvgIpc) is 3.18. The molecule has 0 aromatic carbocycles. The molecule has 0 atom stereocenters. The zero-order valence-electron chi connectivity index (χ0n) is 15.4. The van der Waals surface area contributed by atoms with Gasteiger partial charge >= 0.3 is 0 Å². The summed E-state index contributed by atoms with van der Waals surface area (Å²) in [5, 5.41) is 0. The van der Waals surface area contributed by atoms with E-state index in [1.54, 1.807) is 0 Å². The van der Waals surface area contributed by atoms with Crippen LogP contribution in [-0.2, 0) is 0 Å². The Morgan fingerprint density at radius 3 is 1.92 bits per heavy atom. The van der Waals surface area contributed by atoms with Crippen LogP contribution in [0.3, 0.4) is 0 Å². The van der Waals surface area contributed by atoms with Gasteiger partial charge in [-0.15, -0.1) is 6.42 Å². The molecule has 0 N–H and O–H groups in total. The molecule has 3 aliphatic rings. The van der Waals surface area contributed by atoms with Crippen molar-refractivity contribution in [1.82, 2.24) is 9.80 Å². The van der Waals surface area contributed by atoms with Gasteiger partial charge < -0.3 is 0 Å². The predicted octanol–water partition coefficient (Wildman–Crippen LogP) is 4.24. The number of piperazine rings is 1. The highest BCUT2D eigenvalue weighted by Gasteiger charge is 2.31. The maximum Gasteiger partial charge on any atom is 0.0113 e. The van der Waals surface area contributed by atoms with E-state index in [2.05, 4.69) is 34.8 Å². The van der Waals surface area contributed by atoms with E-state index < -0.39 is 0 Å². The minimum absolute atomic E-state index is 0.718. The van der Waals surface area contributed by atoms with E-state index in [9.17, 15) is 0 Å². The van der Waals surface area contributed by atoms with Crippen molar-refractivity contribution in [3.8, 4) is 12.3 Å². The van der Waals surface area contributed by atoms with Crippen LogP contribution in [0, 0.1) is 18.3 Å². The van der Waals surface area contributed by atoms with Gasteiger partial charge in [-0.05, 0) is 63.0 Å². The number of hydrogen-bond donors (Lipinski definition) is 0. The van der Waals surface area contributed by atoms with Gasteiger partial charge in [0.2, 0.25) is 0 Å². The molecule has 24 heavy (non-hydrogen) atoms. The molecule has 3 fully saturated rings. The van der Waals surface area contributed by atoms with E-state index in [1.165, 1.54) is 83.1 Å². The summed E-state index contributed by atoms with van der Waals surface area (Å²) in [7, 11) is 0. The summed E-state index contributed by atoms with van der Waals surface area (Å²) in [6, 6.07) is 1.73. The van der Waals surface area contributed by atoms with Crippen molar-refractivity contribution in [3.05, 3.63) is 23.8 Å². The largest absolute Gasteiger partial charge is 0.298 e. The van der Waals surface area contributed by atoms with Crippen LogP contribution < -0.4 is 0 Å². The van der Waals surface area contributed by atoms with Crippen molar-refractivity contribution >= 4 is 0 Å². The number of hydrogen-bond acceptors (Lipinski definition) is 2. The predicted molar refractivity (Wildman–Crippen MR) is 103 cm³/mol. The summed E-state index contributed by atoms with van der Waals surface area (Å²) >= 11 is 0. The van der Waals surface area contributed by atoms with Gasteiger partial charge in [0.25, 0.3) is 0 Å². The molecular formula is C22H34N2. The van der Waals surface area contributed by atoms with Crippen LogP contribution in [0.15, 0.2) is 23.8 Å². The maximum absolute atomic E-state index is 5.36. The molecule has 132 valence electrons. The van der Waals surface area contributed by atoms with Gasteiger partial charge in [0, 0.05) is 38.3 Å². The first-order valence-corrected chi connectivity index (χ1v) is 10.1. The van der Waals surface area contributed by atoms with Gasteiger partial charge in [0.15, 0.2) is 0 Å². The molecule has 1 saturated heterocycles. The minimum Gasteiger partial charge on any atom is -0.298 e. The van der Waals surface area contributed by atoms with Crippen LogP contribution in [0.2, 0.25) is 0 Å². The van der Waals surface area contributed by atoms with Gasteiger partial charge in [-0.25, -0.2) is 0 Å². The quantitative estimate of drug-likeness (QED) is 0.563. The topological polar surface area (TPSA) is 6.48 Å². The zero-order chi connectivity index (χ0) is 16.8. The average molecular weight is 327 g/mol. The molecule has 0 unspecified atom stereocenters. The van der Waals surface area contributed by atoms with Gasteiger partial charge in [0.1, 0.15) is 0 Å². The first-order valence-electron chi connectivity index (χ1n) is 10.1. The van der Waals surface area contributed by atoms with Crippen LogP contribution >= 0.6 is 0 Å². The monoisotopic (exact) mass is 326 g/mol. The molecular weight excluding hydrogens is 292 g/mol. The van der Waals surface area contributed by atoms with E-state index in [0.717, 1.165) is 18.0 Å². The van der Waals surface area contributed by atoms with Gasteiger partial charge in [-0.1, -0.05) is 30.9 Å². The summed E-state index contributed by atoms with van der Waals surface area (Å²) in [6.07, 6.45) is 22.8. The molecule has 0 aromatic heterocycles. The fourth-order valence-corrected chi connectivity index (χ4v) is 5.12. The number of rotatable bonds is 4. The Hall–Kier alpha value is -1.04. The highest BCUT2D eigenvalue weighted by atomic mass is 15.3. The van der Waals surface area contributed by atoms with Gasteiger partial charge in [-0.3, -0.25) is 9.80 Å². The second kappa shape index (κ2) is 8.88. The van der Waals surface area contributed by atoms with Crippen molar-refractivity contribution in [1.29, 1.82) is 0 Å². The van der Waals surface area contributed by atoms with Crippen molar-refractivity contribution in [2.45, 2.75) is 70.4 Å². The highest BCUT2D eigenvalue weighted by molar-refractivity contribution is 5.26. The maximum atomic E-state index is 5.36. The standard InChI is InChI=1S/C22H34N2/c1-3-5-8-19(4-2)20-11-13-22(14-12-20)24-17-15-23(16-18-24)21-9-6-7-10-21/h1,4-5,8,20-22H,6-7,9-18H2,2H3/b8-5-,19-4+. The number of allylic oxidation sites excluding steroid dienone is 4. The lowest BCUT2D eigenvalue weighted by Gasteiger charge is -2.43. The summed E-state index contributed by atoms with van der Waals surface area (Å²) in [5.41, 5.74) is 1.44. The van der Waals surface area contributed by atoms with E-state index >= 15 is 0 Å². The fraction of sp³-hybridized carbons (Fsp3) is 0.727. The molecule has 0 spiro atoms. The Kier molecular flexibility index (Phi) is 6.58. The molecule has 2 saturated carbocycles. The van der Waals surface area contributed by atoms with Crippen LogP contribution in [0.1, 0.15) is 58.3 Å². The molecule has 3 rings (SSSR count). The van der Waals surface area contributed by atoms with E-state index in [-0.39, 0.29) is 0 Å². The molecule has 2 aliphatic carbocycles. The zero-order valence-corrected chi connectivity index (χ0v) is 15.4. The van der Waals surface area contributed by atoms with Crippen LogP contribution in [0.4, 0.5) is 0 Å². The third-order valence-corrected chi connectivity index (χ3v) is 6.58. The lowest BCUT2D eigenvalue weighted by atomic mass is 9.80. The Balaban J connectivity index is 1.44. The molecule has 2 nitrogen and oxygen atoms in total. The van der Waals surface area contributed by atoms with E-state index in [0.29, 0.717) is 0 Å². The van der Waals surface area contributed by atoms with Crippen LogP contribution in [-0.4, -0.2) is 48.1 Å².